The summed E-state index contributed by atoms with van der Waals surface area (Å²) in [4.78, 5) is 4.67. The predicted octanol–water partition coefficient (Wildman–Crippen LogP) is 3.78. The molecule has 2 aromatic rings. The van der Waals surface area contributed by atoms with E-state index in [2.05, 4.69) is 11.1 Å². The number of hydrogen-bond acceptors (Lipinski definition) is 4. The number of methoxy groups -OCH3 is 1. The van der Waals surface area contributed by atoms with Crippen LogP contribution in [0.25, 0.3) is 11.3 Å². The number of thiazole rings is 1. The quantitative estimate of drug-likeness (QED) is 0.849. The lowest BCUT2D eigenvalue weighted by molar-refractivity contribution is 0.0844. The van der Waals surface area contributed by atoms with E-state index in [4.69, 9.17) is 10.00 Å². The van der Waals surface area contributed by atoms with E-state index in [1.807, 2.05) is 23.6 Å². The summed E-state index contributed by atoms with van der Waals surface area (Å²) in [6.07, 6.45) is 2.60. The van der Waals surface area contributed by atoms with Gasteiger partial charge in [0.25, 0.3) is 0 Å². The van der Waals surface area contributed by atoms with Gasteiger partial charge in [-0.2, -0.15) is 5.26 Å². The van der Waals surface area contributed by atoms with Gasteiger partial charge >= 0.3 is 0 Å². The molecule has 0 saturated heterocycles. The van der Waals surface area contributed by atoms with Crippen LogP contribution in [0.1, 0.15) is 29.5 Å². The standard InChI is InChI=1S/C15H14N2OS/c1-18-14(11-5-6-11)15-17-13(9-19-15)12-4-2-3-10(7-12)8-16/h2-4,7,9,11,14H,5-6H2,1H3. The molecule has 0 N–H and O–H groups in total. The van der Waals surface area contributed by atoms with E-state index in [0.29, 0.717) is 11.5 Å². The van der Waals surface area contributed by atoms with Crippen LogP contribution >= 0.6 is 11.3 Å². The van der Waals surface area contributed by atoms with E-state index >= 15 is 0 Å². The van der Waals surface area contributed by atoms with Crippen molar-refractivity contribution >= 4 is 11.3 Å². The van der Waals surface area contributed by atoms with Crippen LogP contribution in [-0.2, 0) is 4.74 Å². The second-order valence-electron chi connectivity index (χ2n) is 4.76. The molecule has 0 bridgehead atoms. The third-order valence-electron chi connectivity index (χ3n) is 3.36. The molecule has 1 heterocycles. The summed E-state index contributed by atoms with van der Waals surface area (Å²) in [6, 6.07) is 9.71. The molecule has 1 fully saturated rings. The normalized spacial score (nSPS) is 16.0. The predicted molar refractivity (Wildman–Crippen MR) is 74.7 cm³/mol. The van der Waals surface area contributed by atoms with Crippen LogP contribution in [-0.4, -0.2) is 12.1 Å². The minimum absolute atomic E-state index is 0.137. The van der Waals surface area contributed by atoms with Crippen molar-refractivity contribution in [3.63, 3.8) is 0 Å². The second kappa shape index (κ2) is 5.12. The summed E-state index contributed by atoms with van der Waals surface area (Å²) >= 11 is 1.64. The van der Waals surface area contributed by atoms with Crippen LogP contribution < -0.4 is 0 Å². The number of nitriles is 1. The van der Waals surface area contributed by atoms with Gasteiger partial charge in [-0.1, -0.05) is 12.1 Å². The maximum atomic E-state index is 8.93. The minimum atomic E-state index is 0.137. The Morgan fingerprint density at radius 3 is 3.00 bits per heavy atom. The monoisotopic (exact) mass is 270 g/mol. The molecule has 0 amide bonds. The maximum Gasteiger partial charge on any atom is 0.122 e. The van der Waals surface area contributed by atoms with Gasteiger partial charge in [0.2, 0.25) is 0 Å². The lowest BCUT2D eigenvalue weighted by Crippen LogP contribution is -2.02. The molecule has 1 aliphatic carbocycles. The molecule has 0 spiro atoms. The zero-order valence-electron chi connectivity index (χ0n) is 10.7. The Morgan fingerprint density at radius 1 is 1.47 bits per heavy atom. The number of nitrogens with zero attached hydrogens (tertiary/aromatic N) is 2. The van der Waals surface area contributed by atoms with E-state index in [1.54, 1.807) is 24.5 Å². The first kappa shape index (κ1) is 12.3. The maximum absolute atomic E-state index is 8.93. The first-order valence-electron chi connectivity index (χ1n) is 6.30. The fourth-order valence-electron chi connectivity index (χ4n) is 2.19. The van der Waals surface area contributed by atoms with Gasteiger partial charge in [-0.25, -0.2) is 4.98 Å². The summed E-state index contributed by atoms with van der Waals surface area (Å²) in [6.45, 7) is 0. The van der Waals surface area contributed by atoms with Gasteiger partial charge in [-0.15, -0.1) is 11.3 Å². The molecular weight excluding hydrogens is 256 g/mol. The Morgan fingerprint density at radius 2 is 2.32 bits per heavy atom. The highest BCUT2D eigenvalue weighted by molar-refractivity contribution is 7.10. The third-order valence-corrected chi connectivity index (χ3v) is 4.26. The highest BCUT2D eigenvalue weighted by atomic mass is 32.1. The minimum Gasteiger partial charge on any atom is -0.374 e. The lowest BCUT2D eigenvalue weighted by atomic mass is 10.1. The fraction of sp³-hybridized carbons (Fsp3) is 0.333. The summed E-state index contributed by atoms with van der Waals surface area (Å²) < 4.78 is 5.55. The Bertz CT molecular complexity index is 625. The van der Waals surface area contributed by atoms with Crippen molar-refractivity contribution in [1.29, 1.82) is 5.26 Å². The molecule has 19 heavy (non-hydrogen) atoms. The van der Waals surface area contributed by atoms with E-state index in [0.717, 1.165) is 16.3 Å². The molecule has 1 unspecified atom stereocenters. The van der Waals surface area contributed by atoms with Crippen molar-refractivity contribution in [2.75, 3.05) is 7.11 Å². The second-order valence-corrected chi connectivity index (χ2v) is 5.65. The molecule has 1 aromatic heterocycles. The molecular formula is C15H14N2OS. The van der Waals surface area contributed by atoms with Crippen LogP contribution in [0.15, 0.2) is 29.6 Å². The van der Waals surface area contributed by atoms with Crippen LogP contribution in [0.3, 0.4) is 0 Å². The Labute approximate surface area is 116 Å². The highest BCUT2D eigenvalue weighted by Gasteiger charge is 2.34. The Hall–Kier alpha value is -1.70. The molecule has 3 rings (SSSR count). The topological polar surface area (TPSA) is 45.9 Å². The number of ether oxygens (including phenoxy) is 1. The number of hydrogen-bond donors (Lipinski definition) is 0. The van der Waals surface area contributed by atoms with E-state index < -0.39 is 0 Å². The SMILES string of the molecule is COC(c1nc(-c2cccc(C#N)c2)cs1)C1CC1. The zero-order chi connectivity index (χ0) is 13.2. The van der Waals surface area contributed by atoms with Gasteiger partial charge in [0, 0.05) is 18.1 Å². The average molecular weight is 270 g/mol. The first-order chi connectivity index (χ1) is 9.31. The van der Waals surface area contributed by atoms with E-state index in [-0.39, 0.29) is 6.10 Å². The van der Waals surface area contributed by atoms with E-state index in [1.165, 1.54) is 12.8 Å². The third kappa shape index (κ3) is 2.53. The van der Waals surface area contributed by atoms with Crippen molar-refractivity contribution in [1.82, 2.24) is 4.98 Å². The van der Waals surface area contributed by atoms with Crippen LogP contribution in [0, 0.1) is 17.2 Å². The molecule has 4 heteroatoms. The molecule has 1 aromatic carbocycles. The molecule has 0 radical (unpaired) electrons. The lowest BCUT2D eigenvalue weighted by Gasteiger charge is -2.10. The Balaban J connectivity index is 1.89. The summed E-state index contributed by atoms with van der Waals surface area (Å²) in [5.74, 6) is 0.634. The number of benzene rings is 1. The van der Waals surface area contributed by atoms with Gasteiger partial charge in [0.1, 0.15) is 11.1 Å². The van der Waals surface area contributed by atoms with Crippen molar-refractivity contribution in [3.05, 3.63) is 40.2 Å². The molecule has 3 nitrogen and oxygen atoms in total. The van der Waals surface area contributed by atoms with Gasteiger partial charge in [-0.05, 0) is 30.9 Å². The van der Waals surface area contributed by atoms with Crippen molar-refractivity contribution < 1.29 is 4.74 Å². The summed E-state index contributed by atoms with van der Waals surface area (Å²) in [7, 11) is 1.75. The fourth-order valence-corrected chi connectivity index (χ4v) is 3.19. The average Bonchev–Trinajstić information content (AvgIpc) is 3.17. The van der Waals surface area contributed by atoms with Crippen molar-refractivity contribution in [2.24, 2.45) is 5.92 Å². The van der Waals surface area contributed by atoms with Crippen LogP contribution in [0.5, 0.6) is 0 Å². The highest BCUT2D eigenvalue weighted by Crippen LogP contribution is 2.44. The molecule has 0 aliphatic heterocycles. The smallest absolute Gasteiger partial charge is 0.122 e. The number of rotatable bonds is 4. The first-order valence-corrected chi connectivity index (χ1v) is 7.18. The largest absolute Gasteiger partial charge is 0.374 e. The molecule has 1 atom stereocenters. The number of aromatic nitrogens is 1. The summed E-state index contributed by atoms with van der Waals surface area (Å²) in [5, 5.41) is 12.0. The van der Waals surface area contributed by atoms with Crippen LogP contribution in [0.2, 0.25) is 0 Å². The van der Waals surface area contributed by atoms with E-state index in [9.17, 15) is 0 Å². The van der Waals surface area contributed by atoms with Gasteiger partial charge in [-0.3, -0.25) is 0 Å². The van der Waals surface area contributed by atoms with Gasteiger partial charge in [0.15, 0.2) is 0 Å². The van der Waals surface area contributed by atoms with Gasteiger partial charge in [0.05, 0.1) is 17.3 Å². The summed E-state index contributed by atoms with van der Waals surface area (Å²) in [5.41, 5.74) is 2.59. The molecule has 96 valence electrons. The van der Waals surface area contributed by atoms with Crippen LogP contribution in [0.4, 0.5) is 0 Å². The molecule has 1 saturated carbocycles. The Kier molecular flexibility index (Phi) is 3.33. The molecule has 1 aliphatic rings. The van der Waals surface area contributed by atoms with Crippen molar-refractivity contribution in [3.8, 4) is 17.3 Å². The van der Waals surface area contributed by atoms with Gasteiger partial charge < -0.3 is 4.74 Å². The van der Waals surface area contributed by atoms with Crippen molar-refractivity contribution in [2.45, 2.75) is 18.9 Å². The zero-order valence-corrected chi connectivity index (χ0v) is 11.5.